The lowest BCUT2D eigenvalue weighted by Crippen LogP contribution is -2.03. The zero-order chi connectivity index (χ0) is 9.42. The van der Waals surface area contributed by atoms with Gasteiger partial charge in [-0.3, -0.25) is 4.79 Å². The molecular formula is C12H14O. The summed E-state index contributed by atoms with van der Waals surface area (Å²) >= 11 is 0. The smallest absolute Gasteiger partial charge is 0.166 e. The van der Waals surface area contributed by atoms with Crippen LogP contribution in [0.25, 0.3) is 0 Å². The van der Waals surface area contributed by atoms with Gasteiger partial charge in [-0.05, 0) is 38.3 Å². The molecule has 68 valence electrons. The fourth-order valence-electron chi connectivity index (χ4n) is 1.57. The van der Waals surface area contributed by atoms with E-state index in [1.807, 2.05) is 26.0 Å². The van der Waals surface area contributed by atoms with Crippen molar-refractivity contribution >= 4 is 5.78 Å². The highest BCUT2D eigenvalue weighted by atomic mass is 16.1. The Morgan fingerprint density at radius 1 is 1.31 bits per heavy atom. The van der Waals surface area contributed by atoms with E-state index in [4.69, 9.17) is 0 Å². The number of hydrogen-bond donors (Lipinski definition) is 0. The first-order chi connectivity index (χ1) is 6.18. The molecule has 0 N–H and O–H groups in total. The molecule has 1 fully saturated rings. The fourth-order valence-corrected chi connectivity index (χ4v) is 1.57. The summed E-state index contributed by atoms with van der Waals surface area (Å²) in [5.41, 5.74) is 3.22. The molecule has 1 heteroatoms. The van der Waals surface area contributed by atoms with Gasteiger partial charge in [-0.25, -0.2) is 0 Å². The van der Waals surface area contributed by atoms with Gasteiger partial charge < -0.3 is 0 Å². The largest absolute Gasteiger partial charge is 0.294 e. The van der Waals surface area contributed by atoms with E-state index in [-0.39, 0.29) is 0 Å². The van der Waals surface area contributed by atoms with E-state index in [2.05, 4.69) is 6.07 Å². The second-order valence-electron chi connectivity index (χ2n) is 3.96. The predicted octanol–water partition coefficient (Wildman–Crippen LogP) is 2.90. The molecule has 1 aromatic carbocycles. The third-order valence-electron chi connectivity index (χ3n) is 2.61. The molecule has 0 aromatic heterocycles. The minimum Gasteiger partial charge on any atom is -0.294 e. The van der Waals surface area contributed by atoms with Crippen LogP contribution in [0.4, 0.5) is 0 Å². The van der Waals surface area contributed by atoms with Crippen LogP contribution in [0.2, 0.25) is 0 Å². The first kappa shape index (κ1) is 8.49. The molecule has 1 saturated carbocycles. The van der Waals surface area contributed by atoms with Crippen molar-refractivity contribution < 1.29 is 4.79 Å². The van der Waals surface area contributed by atoms with Crippen LogP contribution < -0.4 is 0 Å². The van der Waals surface area contributed by atoms with Gasteiger partial charge in [-0.2, -0.15) is 0 Å². The zero-order valence-corrected chi connectivity index (χ0v) is 8.13. The summed E-state index contributed by atoms with van der Waals surface area (Å²) in [7, 11) is 0. The van der Waals surface area contributed by atoms with Crippen molar-refractivity contribution in [3.8, 4) is 0 Å². The summed E-state index contributed by atoms with van der Waals surface area (Å²) in [6.45, 7) is 4.04. The molecule has 1 nitrogen and oxygen atoms in total. The van der Waals surface area contributed by atoms with Crippen molar-refractivity contribution in [2.24, 2.45) is 5.92 Å². The average molecular weight is 174 g/mol. The van der Waals surface area contributed by atoms with Crippen LogP contribution in [-0.4, -0.2) is 5.78 Å². The molecule has 2 rings (SSSR count). The van der Waals surface area contributed by atoms with Gasteiger partial charge in [0.2, 0.25) is 0 Å². The zero-order valence-electron chi connectivity index (χ0n) is 8.13. The SMILES string of the molecule is Cc1ccc(C)c(C(=O)C2CC2)c1. The molecule has 0 saturated heterocycles. The van der Waals surface area contributed by atoms with E-state index in [1.54, 1.807) is 0 Å². The molecule has 13 heavy (non-hydrogen) atoms. The average Bonchev–Trinajstić information content (AvgIpc) is 2.91. The van der Waals surface area contributed by atoms with Crippen LogP contribution in [-0.2, 0) is 0 Å². The quantitative estimate of drug-likeness (QED) is 0.630. The summed E-state index contributed by atoms with van der Waals surface area (Å²) in [4.78, 5) is 11.8. The topological polar surface area (TPSA) is 17.1 Å². The summed E-state index contributed by atoms with van der Waals surface area (Å²) in [6.07, 6.45) is 2.18. The van der Waals surface area contributed by atoms with Crippen molar-refractivity contribution in [3.63, 3.8) is 0 Å². The van der Waals surface area contributed by atoms with Crippen molar-refractivity contribution in [2.45, 2.75) is 26.7 Å². The van der Waals surface area contributed by atoms with Crippen molar-refractivity contribution in [1.82, 2.24) is 0 Å². The number of ketones is 1. The highest BCUT2D eigenvalue weighted by Crippen LogP contribution is 2.33. The van der Waals surface area contributed by atoms with E-state index < -0.39 is 0 Å². The Balaban J connectivity index is 2.37. The van der Waals surface area contributed by atoms with Crippen LogP contribution in [0, 0.1) is 19.8 Å². The van der Waals surface area contributed by atoms with Gasteiger partial charge in [0.15, 0.2) is 5.78 Å². The normalized spacial score (nSPS) is 15.8. The molecule has 1 aliphatic rings. The molecule has 0 heterocycles. The molecule has 1 aliphatic carbocycles. The molecule has 0 radical (unpaired) electrons. The van der Waals surface area contributed by atoms with E-state index in [9.17, 15) is 4.79 Å². The number of hydrogen-bond acceptors (Lipinski definition) is 1. The Labute approximate surface area is 78.8 Å². The molecular weight excluding hydrogens is 160 g/mol. The Bertz CT molecular complexity index is 348. The standard InChI is InChI=1S/C12H14O/c1-8-3-4-9(2)11(7-8)12(13)10-5-6-10/h3-4,7,10H,5-6H2,1-2H3. The Morgan fingerprint density at radius 2 is 2.00 bits per heavy atom. The van der Waals surface area contributed by atoms with Crippen LogP contribution >= 0.6 is 0 Å². The molecule has 1 aromatic rings. The molecule has 0 amide bonds. The predicted molar refractivity (Wildman–Crippen MR) is 53.0 cm³/mol. The molecule has 0 spiro atoms. The highest BCUT2D eigenvalue weighted by Gasteiger charge is 2.30. The van der Waals surface area contributed by atoms with Gasteiger partial charge in [0.25, 0.3) is 0 Å². The monoisotopic (exact) mass is 174 g/mol. The summed E-state index contributed by atoms with van der Waals surface area (Å²) in [5.74, 6) is 0.682. The lowest BCUT2D eigenvalue weighted by atomic mass is 10.00. The minimum atomic E-state index is 0.334. The van der Waals surface area contributed by atoms with E-state index in [1.165, 1.54) is 5.56 Å². The summed E-state index contributed by atoms with van der Waals surface area (Å²) in [5, 5.41) is 0. The van der Waals surface area contributed by atoms with Crippen LogP contribution in [0.15, 0.2) is 18.2 Å². The number of aryl methyl sites for hydroxylation is 2. The van der Waals surface area contributed by atoms with Gasteiger partial charge in [0.1, 0.15) is 0 Å². The van der Waals surface area contributed by atoms with Gasteiger partial charge in [-0.15, -0.1) is 0 Å². The lowest BCUT2D eigenvalue weighted by Gasteiger charge is -2.04. The van der Waals surface area contributed by atoms with E-state index in [0.717, 1.165) is 24.0 Å². The highest BCUT2D eigenvalue weighted by molar-refractivity contribution is 6.00. The molecule has 0 atom stereocenters. The maximum Gasteiger partial charge on any atom is 0.166 e. The Morgan fingerprint density at radius 3 is 2.62 bits per heavy atom. The van der Waals surface area contributed by atoms with Gasteiger partial charge in [0, 0.05) is 11.5 Å². The van der Waals surface area contributed by atoms with Crippen LogP contribution in [0.3, 0.4) is 0 Å². The number of rotatable bonds is 2. The maximum atomic E-state index is 11.8. The first-order valence-electron chi connectivity index (χ1n) is 4.80. The fraction of sp³-hybridized carbons (Fsp3) is 0.417. The maximum absolute atomic E-state index is 11.8. The van der Waals surface area contributed by atoms with Gasteiger partial charge in [0.05, 0.1) is 0 Å². The molecule has 0 bridgehead atoms. The molecule has 0 unspecified atom stereocenters. The second-order valence-corrected chi connectivity index (χ2v) is 3.96. The van der Waals surface area contributed by atoms with Crippen molar-refractivity contribution in [2.75, 3.05) is 0 Å². The first-order valence-corrected chi connectivity index (χ1v) is 4.80. The number of benzene rings is 1. The number of carbonyl (C=O) groups excluding carboxylic acids is 1. The summed E-state index contributed by atoms with van der Waals surface area (Å²) < 4.78 is 0. The lowest BCUT2D eigenvalue weighted by molar-refractivity contribution is 0.0967. The number of Topliss-reactive ketones (excluding diaryl/α,β-unsaturated/α-hetero) is 1. The minimum absolute atomic E-state index is 0.334. The third kappa shape index (κ3) is 1.64. The molecule has 0 aliphatic heterocycles. The Kier molecular flexibility index (Phi) is 1.95. The summed E-state index contributed by atoms with van der Waals surface area (Å²) in [6, 6.07) is 6.10. The third-order valence-corrected chi connectivity index (χ3v) is 2.61. The van der Waals surface area contributed by atoms with Crippen LogP contribution in [0.1, 0.15) is 34.3 Å². The van der Waals surface area contributed by atoms with E-state index in [0.29, 0.717) is 11.7 Å². The van der Waals surface area contributed by atoms with E-state index >= 15 is 0 Å². The van der Waals surface area contributed by atoms with Crippen LogP contribution in [0.5, 0.6) is 0 Å². The van der Waals surface area contributed by atoms with Gasteiger partial charge in [-0.1, -0.05) is 17.7 Å². The van der Waals surface area contributed by atoms with Gasteiger partial charge >= 0.3 is 0 Å². The second kappa shape index (κ2) is 2.99. The van der Waals surface area contributed by atoms with Crippen molar-refractivity contribution in [3.05, 3.63) is 34.9 Å². The Hall–Kier alpha value is -1.11. The van der Waals surface area contributed by atoms with Crippen molar-refractivity contribution in [1.29, 1.82) is 0 Å². The number of carbonyl (C=O) groups is 1.